The lowest BCUT2D eigenvalue weighted by atomic mass is 10.0. The van der Waals surface area contributed by atoms with Crippen LogP contribution in [0.5, 0.6) is 5.75 Å². The summed E-state index contributed by atoms with van der Waals surface area (Å²) in [7, 11) is 0. The third-order valence-electron chi connectivity index (χ3n) is 3.64. The second-order valence-electron chi connectivity index (χ2n) is 6.62. The zero-order valence-corrected chi connectivity index (χ0v) is 14.1. The molecule has 0 aromatic heterocycles. The molecule has 2 aromatic carbocycles. The van der Waals surface area contributed by atoms with Gasteiger partial charge in [0.25, 0.3) is 0 Å². The molecule has 0 aliphatic heterocycles. The Labute approximate surface area is 141 Å². The molecule has 0 aliphatic carbocycles. The van der Waals surface area contributed by atoms with Crippen molar-refractivity contribution in [2.24, 2.45) is 5.73 Å². The second kappa shape index (κ2) is 6.74. The Morgan fingerprint density at radius 2 is 1.75 bits per heavy atom. The van der Waals surface area contributed by atoms with Crippen LogP contribution in [-0.2, 0) is 11.2 Å². The average molecular weight is 326 g/mol. The average Bonchev–Trinajstić information content (AvgIpc) is 2.48. The van der Waals surface area contributed by atoms with Gasteiger partial charge in [0.15, 0.2) is 0 Å². The fraction of sp³-hybridized carbons (Fsp3) is 0.263. The normalized spacial score (nSPS) is 11.1. The maximum absolute atomic E-state index is 12.9. The molecule has 2 rings (SSSR count). The first kappa shape index (κ1) is 17.5. The number of rotatable bonds is 4. The van der Waals surface area contributed by atoms with Gasteiger partial charge in [0.1, 0.15) is 5.75 Å². The van der Waals surface area contributed by atoms with E-state index in [2.05, 4.69) is 0 Å². The molecule has 0 radical (unpaired) electrons. The number of benzene rings is 2. The van der Waals surface area contributed by atoms with Crippen molar-refractivity contribution in [2.75, 3.05) is 4.90 Å². The molecule has 5 nitrogen and oxygen atoms in total. The summed E-state index contributed by atoms with van der Waals surface area (Å²) < 4.78 is 0. The van der Waals surface area contributed by atoms with Gasteiger partial charge in [-0.1, -0.05) is 24.3 Å². The summed E-state index contributed by atoms with van der Waals surface area (Å²) in [6.07, 6.45) is 0.0603. The molecule has 0 fully saturated rings. The van der Waals surface area contributed by atoms with Crippen molar-refractivity contribution in [3.63, 3.8) is 0 Å². The van der Waals surface area contributed by atoms with Crippen molar-refractivity contribution >= 4 is 17.5 Å². The predicted octanol–water partition coefficient (Wildman–Crippen LogP) is 2.87. The third kappa shape index (κ3) is 3.93. The molecule has 0 saturated heterocycles. The van der Waals surface area contributed by atoms with Gasteiger partial charge in [-0.2, -0.15) is 0 Å². The summed E-state index contributed by atoms with van der Waals surface area (Å²) in [4.78, 5) is 25.9. The van der Waals surface area contributed by atoms with E-state index in [1.807, 2.05) is 20.8 Å². The van der Waals surface area contributed by atoms with Gasteiger partial charge in [-0.25, -0.2) is 0 Å². The summed E-state index contributed by atoms with van der Waals surface area (Å²) in [5, 5.41) is 9.90. The predicted molar refractivity (Wildman–Crippen MR) is 94.0 cm³/mol. The van der Waals surface area contributed by atoms with E-state index in [1.54, 1.807) is 53.4 Å². The van der Waals surface area contributed by atoms with E-state index in [1.165, 1.54) is 0 Å². The minimum atomic E-state index is -0.543. The fourth-order valence-corrected chi connectivity index (χ4v) is 2.61. The molecule has 126 valence electrons. The monoisotopic (exact) mass is 326 g/mol. The number of para-hydroxylation sites is 1. The Hall–Kier alpha value is -2.82. The van der Waals surface area contributed by atoms with E-state index in [-0.39, 0.29) is 18.1 Å². The Bertz CT molecular complexity index is 763. The van der Waals surface area contributed by atoms with Crippen molar-refractivity contribution in [3.05, 3.63) is 59.7 Å². The molecule has 0 atom stereocenters. The zero-order valence-electron chi connectivity index (χ0n) is 14.1. The highest BCUT2D eigenvalue weighted by atomic mass is 16.3. The van der Waals surface area contributed by atoms with Gasteiger partial charge in [0, 0.05) is 22.4 Å². The molecule has 2 aromatic rings. The number of carbonyl (C=O) groups is 2. The van der Waals surface area contributed by atoms with Crippen LogP contribution < -0.4 is 10.6 Å². The molecule has 0 unspecified atom stereocenters. The number of aromatic hydroxyl groups is 1. The summed E-state index contributed by atoms with van der Waals surface area (Å²) in [6, 6.07) is 13.4. The highest BCUT2D eigenvalue weighted by molar-refractivity contribution is 5.99. The molecule has 5 heteroatoms. The van der Waals surface area contributed by atoms with Gasteiger partial charge in [-0.05, 0) is 45.0 Å². The van der Waals surface area contributed by atoms with Crippen LogP contribution in [0.1, 0.15) is 36.7 Å². The third-order valence-corrected chi connectivity index (χ3v) is 3.64. The molecular formula is C19H22N2O3. The van der Waals surface area contributed by atoms with Crippen molar-refractivity contribution in [1.82, 2.24) is 0 Å². The number of anilines is 1. The van der Waals surface area contributed by atoms with E-state index >= 15 is 0 Å². The number of carbonyl (C=O) groups excluding carboxylic acids is 2. The number of nitrogens with two attached hydrogens (primary N) is 1. The van der Waals surface area contributed by atoms with Crippen LogP contribution in [0, 0.1) is 0 Å². The Morgan fingerprint density at radius 3 is 2.33 bits per heavy atom. The summed E-state index contributed by atoms with van der Waals surface area (Å²) in [5.74, 6) is -0.630. The van der Waals surface area contributed by atoms with Crippen molar-refractivity contribution in [2.45, 2.75) is 32.7 Å². The minimum Gasteiger partial charge on any atom is -0.508 e. The molecule has 0 bridgehead atoms. The molecule has 3 N–H and O–H groups in total. The molecular weight excluding hydrogens is 304 g/mol. The van der Waals surface area contributed by atoms with Crippen LogP contribution in [-0.4, -0.2) is 22.5 Å². The Morgan fingerprint density at radius 1 is 1.08 bits per heavy atom. The van der Waals surface area contributed by atoms with E-state index < -0.39 is 11.4 Å². The number of nitrogens with zero attached hydrogens (tertiary/aromatic N) is 1. The van der Waals surface area contributed by atoms with Gasteiger partial charge >= 0.3 is 0 Å². The van der Waals surface area contributed by atoms with Gasteiger partial charge in [0.2, 0.25) is 11.8 Å². The highest BCUT2D eigenvalue weighted by Crippen LogP contribution is 2.27. The molecule has 0 saturated carbocycles. The number of phenolic OH excluding ortho intramolecular Hbond substituents is 1. The SMILES string of the molecule is CC(C)(C)N(C(=O)Cc1ccccc1O)c1cccc(C(N)=O)c1. The molecule has 0 aliphatic rings. The van der Waals surface area contributed by atoms with Gasteiger partial charge in [-0.15, -0.1) is 0 Å². The first-order valence-corrected chi connectivity index (χ1v) is 7.70. The lowest BCUT2D eigenvalue weighted by Gasteiger charge is -2.36. The van der Waals surface area contributed by atoms with Crippen LogP contribution in [0.4, 0.5) is 5.69 Å². The smallest absolute Gasteiger partial charge is 0.248 e. The molecule has 0 heterocycles. The van der Waals surface area contributed by atoms with Crippen LogP contribution in [0.3, 0.4) is 0 Å². The first-order chi connectivity index (χ1) is 11.2. The topological polar surface area (TPSA) is 83.6 Å². The van der Waals surface area contributed by atoms with Crippen LogP contribution in [0.25, 0.3) is 0 Å². The summed E-state index contributed by atoms with van der Waals surface area (Å²) in [6.45, 7) is 5.73. The van der Waals surface area contributed by atoms with E-state index in [0.717, 1.165) is 0 Å². The molecule has 2 amide bonds. The van der Waals surface area contributed by atoms with Crippen molar-refractivity contribution in [1.29, 1.82) is 0 Å². The maximum Gasteiger partial charge on any atom is 0.248 e. The fourth-order valence-electron chi connectivity index (χ4n) is 2.61. The van der Waals surface area contributed by atoms with Crippen molar-refractivity contribution in [3.8, 4) is 5.75 Å². The largest absolute Gasteiger partial charge is 0.508 e. The standard InChI is InChI=1S/C19H22N2O3/c1-19(2,3)21(15-9-6-8-14(11-15)18(20)24)17(23)12-13-7-4-5-10-16(13)22/h4-11,22H,12H2,1-3H3,(H2,20,24). The van der Waals surface area contributed by atoms with E-state index in [4.69, 9.17) is 5.73 Å². The number of hydrogen-bond acceptors (Lipinski definition) is 3. The van der Waals surface area contributed by atoms with Crippen LogP contribution in [0.2, 0.25) is 0 Å². The maximum atomic E-state index is 12.9. The van der Waals surface area contributed by atoms with Gasteiger partial charge < -0.3 is 15.7 Å². The van der Waals surface area contributed by atoms with Gasteiger partial charge in [-0.3, -0.25) is 9.59 Å². The summed E-state index contributed by atoms with van der Waals surface area (Å²) >= 11 is 0. The molecule has 0 spiro atoms. The molecule has 24 heavy (non-hydrogen) atoms. The van der Waals surface area contributed by atoms with Crippen molar-refractivity contribution < 1.29 is 14.7 Å². The Balaban J connectivity index is 2.39. The van der Waals surface area contributed by atoms with Crippen LogP contribution >= 0.6 is 0 Å². The van der Waals surface area contributed by atoms with Crippen LogP contribution in [0.15, 0.2) is 48.5 Å². The van der Waals surface area contributed by atoms with E-state index in [0.29, 0.717) is 16.8 Å². The number of primary amides is 1. The lowest BCUT2D eigenvalue weighted by Crippen LogP contribution is -2.46. The lowest BCUT2D eigenvalue weighted by molar-refractivity contribution is -0.118. The Kier molecular flexibility index (Phi) is 4.93. The highest BCUT2D eigenvalue weighted by Gasteiger charge is 2.28. The minimum absolute atomic E-state index is 0.0603. The number of amides is 2. The van der Waals surface area contributed by atoms with E-state index in [9.17, 15) is 14.7 Å². The zero-order chi connectivity index (χ0) is 17.9. The summed E-state index contributed by atoms with van der Waals surface area (Å²) in [5.41, 5.74) is 6.33. The second-order valence-corrected chi connectivity index (χ2v) is 6.62. The number of hydrogen-bond donors (Lipinski definition) is 2. The quantitative estimate of drug-likeness (QED) is 0.906. The first-order valence-electron chi connectivity index (χ1n) is 7.70. The number of phenols is 1. The van der Waals surface area contributed by atoms with Gasteiger partial charge in [0.05, 0.1) is 6.42 Å².